The van der Waals surface area contributed by atoms with E-state index < -0.39 is 173 Å². The van der Waals surface area contributed by atoms with Crippen molar-refractivity contribution in [3.8, 4) is 0 Å². The highest BCUT2D eigenvalue weighted by atomic mass is 35.5. The maximum absolute atomic E-state index is 14.8. The van der Waals surface area contributed by atoms with Crippen molar-refractivity contribution in [3.05, 3.63) is 69.7 Å². The first-order valence-electron chi connectivity index (χ1n) is 31.8. The molecule has 1 saturated heterocycles. The van der Waals surface area contributed by atoms with Gasteiger partial charge in [0.2, 0.25) is 65.0 Å². The number of halogens is 7. The monoisotopic (exact) mass is 1370 g/mol. The fourth-order valence-electron chi connectivity index (χ4n) is 10.6. The Hall–Kier alpha value is -7.52. The van der Waals surface area contributed by atoms with Crippen LogP contribution in [0.25, 0.3) is 0 Å². The fraction of sp³-hybridized carbons (Fsp3) is 0.652. The number of carbonyl (C=O) groups excluding carboxylic acids is 11. The van der Waals surface area contributed by atoms with Crippen molar-refractivity contribution in [2.24, 2.45) is 23.7 Å². The second kappa shape index (κ2) is 34.9. The minimum Gasteiger partial charge on any atom is -0.343 e. The van der Waals surface area contributed by atoms with Crippen LogP contribution in [-0.4, -0.2) is 216 Å². The van der Waals surface area contributed by atoms with Crippen LogP contribution < -0.4 is 21.3 Å². The number of benzene rings is 2. The summed E-state index contributed by atoms with van der Waals surface area (Å²) in [5, 5.41) is 10.2. The Kier molecular flexibility index (Phi) is 30.1. The Labute approximate surface area is 559 Å². The molecule has 1 aliphatic heterocycles. The number of aryl methyl sites for hydroxylation is 1. The van der Waals surface area contributed by atoms with Crippen LogP contribution in [0.15, 0.2) is 42.5 Å². The van der Waals surface area contributed by atoms with Gasteiger partial charge in [-0.25, -0.2) is 0 Å². The van der Waals surface area contributed by atoms with Crippen LogP contribution in [0, 0.1) is 23.7 Å². The molecule has 532 valence electrons. The first kappa shape index (κ1) is 81.7. The first-order valence-corrected chi connectivity index (χ1v) is 32.1. The van der Waals surface area contributed by atoms with Crippen LogP contribution in [0.2, 0.25) is 5.02 Å². The summed E-state index contributed by atoms with van der Waals surface area (Å²) in [4.78, 5) is 166. The molecule has 0 unspecified atom stereocenters. The van der Waals surface area contributed by atoms with Gasteiger partial charge >= 0.3 is 12.4 Å². The molecule has 95 heavy (non-hydrogen) atoms. The number of hydrogen-bond donors (Lipinski definition) is 4. The van der Waals surface area contributed by atoms with Crippen LogP contribution in [0.4, 0.5) is 26.3 Å². The topological polar surface area (TPSA) is 259 Å². The zero-order valence-electron chi connectivity index (χ0n) is 57.9. The molecule has 1 aliphatic rings. The number of alkyl halides is 6. The first-order chi connectivity index (χ1) is 43.7. The molecule has 0 spiro atoms. The average Bonchev–Trinajstić information content (AvgIpc) is 0.834. The van der Waals surface area contributed by atoms with Gasteiger partial charge in [0.15, 0.2) is 0 Å². The minimum atomic E-state index is -4.81. The highest BCUT2D eigenvalue weighted by molar-refractivity contribution is 6.31. The number of nitrogens with zero attached hydrogens (tertiary/aromatic N) is 7. The molecule has 11 amide bonds. The lowest BCUT2D eigenvalue weighted by molar-refractivity contribution is -0.149. The number of carbonyl (C=O) groups is 11. The molecular formula is C66H98ClF6N11O11. The van der Waals surface area contributed by atoms with Crippen LogP contribution in [0.1, 0.15) is 137 Å². The third-order valence-corrected chi connectivity index (χ3v) is 17.7. The fourth-order valence-corrected chi connectivity index (χ4v) is 10.9. The summed E-state index contributed by atoms with van der Waals surface area (Å²) >= 11 is 6.06. The molecule has 0 radical (unpaired) electrons. The predicted molar refractivity (Wildman–Crippen MR) is 345 cm³/mol. The lowest BCUT2D eigenvalue weighted by Crippen LogP contribution is -2.63. The summed E-state index contributed by atoms with van der Waals surface area (Å²) in [5.41, 5.74) is -3.56. The van der Waals surface area contributed by atoms with Crippen LogP contribution in [0.5, 0.6) is 0 Å². The number of amides is 11. The third kappa shape index (κ3) is 23.4. The quantitative estimate of drug-likeness (QED) is 0.164. The van der Waals surface area contributed by atoms with Crippen LogP contribution in [0.3, 0.4) is 0 Å². The number of likely N-dealkylation sites (N-methyl/N-ethyl adjacent to an activating group) is 7. The Morgan fingerprint density at radius 2 is 1.06 bits per heavy atom. The van der Waals surface area contributed by atoms with Gasteiger partial charge < -0.3 is 55.6 Å². The van der Waals surface area contributed by atoms with Crippen molar-refractivity contribution in [1.29, 1.82) is 0 Å². The molecule has 29 heteroatoms. The van der Waals surface area contributed by atoms with Gasteiger partial charge in [0.1, 0.15) is 41.8 Å². The van der Waals surface area contributed by atoms with Crippen LogP contribution in [-0.2, 0) is 77.9 Å². The van der Waals surface area contributed by atoms with Crippen molar-refractivity contribution in [3.63, 3.8) is 0 Å². The largest absolute Gasteiger partial charge is 0.417 e. The summed E-state index contributed by atoms with van der Waals surface area (Å²) in [5.74, 6) is -9.81. The van der Waals surface area contributed by atoms with Crippen molar-refractivity contribution < 1.29 is 79.1 Å². The Balaban J connectivity index is 2.27. The Morgan fingerprint density at radius 3 is 1.58 bits per heavy atom. The molecule has 0 bridgehead atoms. The molecule has 0 saturated carbocycles. The van der Waals surface area contributed by atoms with Gasteiger partial charge in [-0.15, -0.1) is 0 Å². The second-order valence-corrected chi connectivity index (χ2v) is 27.3. The molecule has 0 aromatic heterocycles. The van der Waals surface area contributed by atoms with E-state index in [4.69, 9.17) is 11.6 Å². The van der Waals surface area contributed by atoms with E-state index in [0.717, 1.165) is 67.0 Å². The number of rotatable bonds is 13. The summed E-state index contributed by atoms with van der Waals surface area (Å²) in [7, 11) is 9.13. The van der Waals surface area contributed by atoms with E-state index >= 15 is 0 Å². The van der Waals surface area contributed by atoms with E-state index in [1.54, 1.807) is 34.6 Å². The van der Waals surface area contributed by atoms with Gasteiger partial charge in [-0.2, -0.15) is 26.3 Å². The summed E-state index contributed by atoms with van der Waals surface area (Å²) in [6.45, 7) is 16.6. The Morgan fingerprint density at radius 1 is 0.547 bits per heavy atom. The zero-order chi connectivity index (χ0) is 72.7. The molecule has 8 atom stereocenters. The maximum atomic E-state index is 14.8. The summed E-state index contributed by atoms with van der Waals surface area (Å²) in [6.07, 6.45) is -10.2. The van der Waals surface area contributed by atoms with E-state index in [1.165, 1.54) is 73.0 Å². The van der Waals surface area contributed by atoms with E-state index in [9.17, 15) is 79.1 Å². The normalized spacial score (nSPS) is 23.3. The molecule has 4 N–H and O–H groups in total. The van der Waals surface area contributed by atoms with Crippen molar-refractivity contribution >= 4 is 76.6 Å². The SMILES string of the molecule is CC[C@H](C)[C@@H]1NC(=O)[C@H](CC(C)C)N(C)C(=O)C[C@@H](C)N(C)C(=O)[C@@H](CC(C)C)NC(=O)C(C)(C)N(C)C(=O)[C@H](CC(C)C)NC(=O)[C@H](CCc2ccc(C(F)(F)F)c(Cl)c2)NC(=O)CN(C)C(=O)[C@H](Cc2ccc(C(F)(F)F)cc2)N(C)C(=O)CN(C)C(=O)CN(C)C1=O. The Bertz CT molecular complexity index is 3060. The maximum Gasteiger partial charge on any atom is 0.417 e. The van der Waals surface area contributed by atoms with E-state index in [1.807, 2.05) is 27.7 Å². The molecule has 3 rings (SSSR count). The third-order valence-electron chi connectivity index (χ3n) is 17.3. The number of nitrogens with one attached hydrogen (secondary N) is 4. The smallest absolute Gasteiger partial charge is 0.343 e. The highest BCUT2D eigenvalue weighted by Crippen LogP contribution is 2.35. The van der Waals surface area contributed by atoms with Gasteiger partial charge in [-0.3, -0.25) is 52.7 Å². The number of hydrogen-bond acceptors (Lipinski definition) is 11. The van der Waals surface area contributed by atoms with Gasteiger partial charge in [-0.1, -0.05) is 91.6 Å². The summed E-state index contributed by atoms with van der Waals surface area (Å²) in [6, 6.07) is -2.33. The zero-order valence-corrected chi connectivity index (χ0v) is 58.7. The lowest BCUT2D eigenvalue weighted by atomic mass is 9.95. The average molecular weight is 1370 g/mol. The molecular weight excluding hydrogens is 1270 g/mol. The molecule has 1 heterocycles. The second-order valence-electron chi connectivity index (χ2n) is 26.9. The van der Waals surface area contributed by atoms with E-state index in [-0.39, 0.29) is 67.4 Å². The van der Waals surface area contributed by atoms with E-state index in [2.05, 4.69) is 21.3 Å². The molecule has 2 aromatic carbocycles. The van der Waals surface area contributed by atoms with Gasteiger partial charge in [0.05, 0.1) is 35.8 Å². The predicted octanol–water partition coefficient (Wildman–Crippen LogP) is 6.19. The van der Waals surface area contributed by atoms with Crippen molar-refractivity contribution in [1.82, 2.24) is 55.6 Å². The van der Waals surface area contributed by atoms with Gasteiger partial charge in [0, 0.05) is 68.2 Å². The lowest BCUT2D eigenvalue weighted by Gasteiger charge is -2.39. The van der Waals surface area contributed by atoms with Gasteiger partial charge in [0.25, 0.3) is 0 Å². The molecule has 22 nitrogen and oxygen atoms in total. The van der Waals surface area contributed by atoms with Crippen LogP contribution >= 0.6 is 11.6 Å². The minimum absolute atomic E-state index is 0.0429. The highest BCUT2D eigenvalue weighted by Gasteiger charge is 2.43. The molecule has 1 fully saturated rings. The molecule has 2 aromatic rings. The van der Waals surface area contributed by atoms with Crippen molar-refractivity contribution in [2.75, 3.05) is 69.0 Å². The van der Waals surface area contributed by atoms with Gasteiger partial charge in [-0.05, 0) is 112 Å². The standard InChI is InChI=1S/C66H98ClF6N11O11/c1-19-40(8)56-62(94)80(14)35-54(87)78(12)36-55(88)83(17)51(33-43-20-24-44(25-21-43)65(68,69)70)61(93)79(13)34-52(85)74-47(27-23-42-22-26-45(46(67)32-42)66(71,72)73)57(89)75-49(29-38(4)5)60(92)84(18)64(10,11)63(95)76-48(28-37(2)3)59(91)81(15)41(9)31-53(86)82(16)50(30-39(6)7)58(90)77-56/h20-22,24-26,32,37-41,47-51,56H,19,23,27-31,33-36H2,1-18H3,(H,74,85)(H,75,89)(H,76,95)(H,77,90)/t40-,41+,47-,48+,49-,50-,51-,56-/m0/s1. The summed E-state index contributed by atoms with van der Waals surface area (Å²) < 4.78 is 82.4. The van der Waals surface area contributed by atoms with E-state index in [0.29, 0.717) is 6.42 Å². The van der Waals surface area contributed by atoms with Crippen molar-refractivity contribution in [2.45, 2.75) is 188 Å². The molecule has 0 aliphatic carbocycles.